The molecule has 1 fully saturated rings. The Balaban J connectivity index is 1.68. The molecule has 0 saturated carbocycles. The van der Waals surface area contributed by atoms with Crippen molar-refractivity contribution in [3.05, 3.63) is 69.7 Å². The molecule has 1 atom stereocenters. The van der Waals surface area contributed by atoms with Crippen molar-refractivity contribution in [1.82, 2.24) is 15.5 Å². The van der Waals surface area contributed by atoms with Gasteiger partial charge >= 0.3 is 5.92 Å². The summed E-state index contributed by atoms with van der Waals surface area (Å²) in [5.74, 6) is -11.5. The van der Waals surface area contributed by atoms with Gasteiger partial charge in [-0.05, 0) is 35.7 Å². The molecule has 32 heavy (non-hydrogen) atoms. The topological polar surface area (TPSA) is 95.6 Å². The Hall–Kier alpha value is -3.33. The third-order valence-electron chi connectivity index (χ3n) is 4.63. The predicted molar refractivity (Wildman–Crippen MR) is 110 cm³/mol. The van der Waals surface area contributed by atoms with Crippen molar-refractivity contribution in [3.63, 3.8) is 0 Å². The molecule has 166 valence electrons. The molecule has 0 radical (unpaired) electrons. The lowest BCUT2D eigenvalue weighted by Gasteiger charge is -2.29. The molecule has 2 aromatic rings. The first-order valence-electron chi connectivity index (χ1n) is 13.3. The standard InChI is InChI=1S/C22H18ClF2N3O4/c23-15-4-2-14(3-5-15)22(24,25)21(32)26-10-12-1-6-16-13(9-12)11-28(20(16)31)17-7-8-18(29)27-19(17)30/h1-6,9,17H,7-8,10-11H2,(H,26,32)(H,27,29,30)/i7D2,8D2,10D2,17D/hD2. The zero-order chi connectivity index (χ0) is 31.1. The van der Waals surface area contributed by atoms with Crippen LogP contribution in [0.5, 0.6) is 0 Å². The molecule has 2 heterocycles. The van der Waals surface area contributed by atoms with Crippen LogP contribution in [0.4, 0.5) is 8.78 Å². The van der Waals surface area contributed by atoms with Crippen LogP contribution in [0.25, 0.3) is 0 Å². The number of amides is 4. The first-order chi connectivity index (χ1) is 18.6. The second kappa shape index (κ2) is 8.31. The van der Waals surface area contributed by atoms with Crippen LogP contribution < -0.4 is 10.6 Å². The van der Waals surface area contributed by atoms with Crippen molar-refractivity contribution in [2.75, 3.05) is 0 Å². The van der Waals surface area contributed by atoms with Crippen molar-refractivity contribution in [3.8, 4) is 0 Å². The third-order valence-corrected chi connectivity index (χ3v) is 4.89. The first-order valence-corrected chi connectivity index (χ1v) is 9.33. The number of alkyl halides is 2. The summed E-state index contributed by atoms with van der Waals surface area (Å²) in [6, 6.07) is 3.04. The lowest BCUT2D eigenvalue weighted by Crippen LogP contribution is -2.52. The van der Waals surface area contributed by atoms with Crippen LogP contribution in [-0.2, 0) is 33.3 Å². The fourth-order valence-corrected chi connectivity index (χ4v) is 3.19. The molecule has 2 aromatic carbocycles. The second-order valence-corrected chi connectivity index (χ2v) is 7.13. The van der Waals surface area contributed by atoms with E-state index in [2.05, 4.69) is 0 Å². The van der Waals surface area contributed by atoms with Gasteiger partial charge in [0.1, 0.15) is 6.02 Å². The number of fused-ring (bicyclic) bond motifs is 1. The number of hydrogen-bond donors (Lipinski definition) is 2. The van der Waals surface area contributed by atoms with E-state index in [1.54, 1.807) is 0 Å². The van der Waals surface area contributed by atoms with Crippen molar-refractivity contribution < 1.29 is 40.4 Å². The summed E-state index contributed by atoms with van der Waals surface area (Å²) in [6.45, 7) is -4.05. The Bertz CT molecular complexity index is 1500. The van der Waals surface area contributed by atoms with Gasteiger partial charge in [0.05, 0.1) is 4.11 Å². The third kappa shape index (κ3) is 4.08. The second-order valence-electron chi connectivity index (χ2n) is 6.69. The number of imide groups is 1. The number of carbonyl (C=O) groups is 4. The summed E-state index contributed by atoms with van der Waals surface area (Å²) in [7, 11) is 0. The molecule has 0 aromatic heterocycles. The smallest absolute Gasteiger partial charge is 0.346 e. The number of halogens is 3. The minimum absolute atomic E-state index is 0.0902. The number of piperidine rings is 1. The predicted octanol–water partition coefficient (Wildman–Crippen LogP) is 2.51. The summed E-state index contributed by atoms with van der Waals surface area (Å²) >= 11 is 5.67. The Morgan fingerprint density at radius 1 is 1.34 bits per heavy atom. The Labute approximate surface area is 199 Å². The Morgan fingerprint density at radius 2 is 2.06 bits per heavy atom. The van der Waals surface area contributed by atoms with Crippen molar-refractivity contribution >= 4 is 35.2 Å². The first kappa shape index (κ1) is 13.3. The molecule has 1 saturated heterocycles. The van der Waals surface area contributed by atoms with E-state index >= 15 is 0 Å². The molecule has 0 aliphatic carbocycles. The number of hydrogen-bond acceptors (Lipinski definition) is 4. The summed E-state index contributed by atoms with van der Waals surface area (Å²) in [4.78, 5) is 50.8. The van der Waals surface area contributed by atoms with Gasteiger partial charge in [0, 0.05) is 41.0 Å². The molecule has 2 N–H and O–H groups in total. The summed E-state index contributed by atoms with van der Waals surface area (Å²) in [5.41, 5.74) is -1.94. The van der Waals surface area contributed by atoms with Gasteiger partial charge in [-0.2, -0.15) is 8.78 Å². The minimum Gasteiger partial charge on any atom is -0.346 e. The van der Waals surface area contributed by atoms with Crippen LogP contribution >= 0.6 is 11.6 Å². The maximum atomic E-state index is 14.8. The molecule has 0 bridgehead atoms. The quantitative estimate of drug-likeness (QED) is 0.656. The highest BCUT2D eigenvalue weighted by molar-refractivity contribution is 6.30. The summed E-state index contributed by atoms with van der Waals surface area (Å²) in [6.07, 6.45) is -7.23. The molecular formula is C22H18ClF2N3O4. The highest BCUT2D eigenvalue weighted by Gasteiger charge is 2.41. The number of rotatable bonds is 5. The lowest BCUT2D eigenvalue weighted by molar-refractivity contribution is -0.147. The normalized spacial score (nSPS) is 28.7. The molecule has 4 rings (SSSR count). The van der Waals surface area contributed by atoms with Crippen molar-refractivity contribution in [2.24, 2.45) is 0 Å². The zero-order valence-corrected chi connectivity index (χ0v) is 16.6. The van der Waals surface area contributed by atoms with Crippen LogP contribution in [0.2, 0.25) is 7.85 Å². The summed E-state index contributed by atoms with van der Waals surface area (Å²) < 4.78 is 102. The molecule has 4 amide bonds. The van der Waals surface area contributed by atoms with Crippen molar-refractivity contribution in [2.45, 2.75) is 37.7 Å². The van der Waals surface area contributed by atoms with Gasteiger partial charge in [-0.1, -0.05) is 35.9 Å². The van der Waals surface area contributed by atoms with Crippen molar-refractivity contribution in [1.29, 1.82) is 0 Å². The van der Waals surface area contributed by atoms with Gasteiger partial charge in [-0.15, -0.1) is 0 Å². The van der Waals surface area contributed by atoms with Gasteiger partial charge in [0.2, 0.25) is 11.8 Å². The maximum Gasteiger partial charge on any atom is 0.349 e. The maximum absolute atomic E-state index is 14.8. The van der Waals surface area contributed by atoms with E-state index in [0.717, 1.165) is 42.5 Å². The van der Waals surface area contributed by atoms with Gasteiger partial charge in [-0.25, -0.2) is 0 Å². The van der Waals surface area contributed by atoms with E-state index in [-0.39, 0.29) is 21.0 Å². The zero-order valence-electron chi connectivity index (χ0n) is 24.9. The largest absolute Gasteiger partial charge is 0.349 e. The van der Waals surface area contributed by atoms with Gasteiger partial charge in [0.15, 0.2) is 2.82 Å². The van der Waals surface area contributed by atoms with E-state index in [1.165, 1.54) is 0 Å². The van der Waals surface area contributed by atoms with E-state index < -0.39 is 83.1 Å². The molecular weight excluding hydrogens is 444 g/mol. The number of nitrogens with one attached hydrogen (secondary N) is 2. The van der Waals surface area contributed by atoms with Crippen LogP contribution in [0.1, 0.15) is 49.4 Å². The molecule has 2 aliphatic rings. The molecule has 7 nitrogen and oxygen atoms in total. The molecule has 2 aliphatic heterocycles. The Kier molecular flexibility index (Phi) is 3.45. The SMILES string of the molecule is [2H]N1C(=O)C([2H])([2H])C([2H])([2H])C([2H])(N2Cc3cc(C([2H])([2H])N([2H])C(=O)C(F)(F)c4ccc(Cl)cc4)ccc3C2=O)C1=O. The van der Waals surface area contributed by atoms with E-state index in [1.807, 2.05) is 0 Å². The number of carbonyl (C=O) groups excluding carboxylic acids is 4. The van der Waals surface area contributed by atoms with E-state index in [9.17, 15) is 28.0 Å². The fraction of sp³-hybridized carbons (Fsp3) is 0.273. The molecule has 10 heteroatoms. The molecule has 0 spiro atoms. The average molecular weight is 471 g/mol. The van der Waals surface area contributed by atoms with Crippen LogP contribution in [-0.4, -0.2) is 34.5 Å². The van der Waals surface area contributed by atoms with Crippen LogP contribution in [0.15, 0.2) is 42.5 Å². The van der Waals surface area contributed by atoms with E-state index in [0.29, 0.717) is 0 Å². The number of nitrogens with zero attached hydrogens (tertiary/aromatic N) is 1. The van der Waals surface area contributed by atoms with Gasteiger partial charge < -0.3 is 10.2 Å². The van der Waals surface area contributed by atoms with E-state index in [4.69, 9.17) is 24.0 Å². The average Bonchev–Trinajstić information content (AvgIpc) is 3.25. The van der Waals surface area contributed by atoms with Gasteiger partial charge in [-0.3, -0.25) is 24.5 Å². The number of benzene rings is 2. The Morgan fingerprint density at radius 3 is 2.78 bits per heavy atom. The summed E-state index contributed by atoms with van der Waals surface area (Å²) in [5, 5.41) is -1.04. The minimum atomic E-state index is -4.34. The highest BCUT2D eigenvalue weighted by Crippen LogP contribution is 2.30. The van der Waals surface area contributed by atoms with Crippen LogP contribution in [0.3, 0.4) is 0 Å². The van der Waals surface area contributed by atoms with Crippen LogP contribution in [0, 0.1) is 0 Å². The lowest BCUT2D eigenvalue weighted by atomic mass is 10.0. The molecule has 1 unspecified atom stereocenters. The fourth-order valence-electron chi connectivity index (χ4n) is 3.06. The van der Waals surface area contributed by atoms with Gasteiger partial charge in [0.25, 0.3) is 11.8 Å². The monoisotopic (exact) mass is 470 g/mol. The highest BCUT2D eigenvalue weighted by atomic mass is 35.5.